The molecule has 0 fully saturated rings. The van der Waals surface area contributed by atoms with Gasteiger partial charge in [0.2, 0.25) is 0 Å². The molecule has 0 saturated heterocycles. The monoisotopic (exact) mass is 367 g/mol. The topological polar surface area (TPSA) is 58.6 Å². The van der Waals surface area contributed by atoms with Crippen LogP contribution < -0.4 is 10.8 Å². The molecule has 0 aliphatic carbocycles. The summed E-state index contributed by atoms with van der Waals surface area (Å²) in [5.74, 6) is -2.13. The van der Waals surface area contributed by atoms with Crippen molar-refractivity contribution in [2.24, 2.45) is 0 Å². The zero-order valence-corrected chi connectivity index (χ0v) is 13.8. The van der Waals surface area contributed by atoms with Crippen LogP contribution in [-0.4, -0.2) is 18.0 Å². The molecule has 0 saturated carbocycles. The molecule has 0 spiro atoms. The van der Waals surface area contributed by atoms with E-state index in [-0.39, 0.29) is 11.8 Å². The zero-order valence-electron chi connectivity index (χ0n) is 13.8. The molecule has 2 aromatic carbocycles. The van der Waals surface area contributed by atoms with Crippen molar-refractivity contribution in [3.8, 4) is 0 Å². The van der Waals surface area contributed by atoms with Gasteiger partial charge in [-0.25, -0.2) is 4.39 Å². The molecule has 1 amide bonds. The largest absolute Gasteiger partial charge is 0.492 e. The number of rotatable bonds is 2. The third-order valence-corrected chi connectivity index (χ3v) is 4.16. The number of hydrogen-bond acceptors (Lipinski definition) is 3. The predicted octanol–water partition coefficient (Wildman–Crippen LogP) is 3.05. The van der Waals surface area contributed by atoms with E-state index in [4.69, 9.17) is 4.65 Å². The van der Waals surface area contributed by atoms with Gasteiger partial charge in [-0.1, -0.05) is 6.07 Å². The highest BCUT2D eigenvalue weighted by atomic mass is 19.4. The second kappa shape index (κ2) is 6.10. The summed E-state index contributed by atoms with van der Waals surface area (Å²) < 4.78 is 57.7. The Bertz CT molecular complexity index is 883. The van der Waals surface area contributed by atoms with E-state index in [1.165, 1.54) is 12.1 Å². The number of benzene rings is 2. The van der Waals surface area contributed by atoms with E-state index in [0.29, 0.717) is 11.0 Å². The van der Waals surface area contributed by atoms with Crippen molar-refractivity contribution < 1.29 is 32.0 Å². The number of hydrogen-bond donors (Lipinski definition) is 2. The fourth-order valence-corrected chi connectivity index (χ4v) is 2.95. The first-order valence-corrected chi connectivity index (χ1v) is 7.67. The normalized spacial score (nSPS) is 15.7. The standard InChI is InChI=1S/C17H14BF4NO3/c1-16(2)12-6-4-10(8-14(12)18(25)26-16)23-15(24)11-5-3-9(19)7-13(11)17(20,21)22/h3-8,25H,1-2H3,(H,23,24). The first kappa shape index (κ1) is 18.4. The Kier molecular flexibility index (Phi) is 4.32. The summed E-state index contributed by atoms with van der Waals surface area (Å²) in [6.45, 7) is 3.52. The van der Waals surface area contributed by atoms with Crippen molar-refractivity contribution in [1.29, 1.82) is 0 Å². The minimum Gasteiger partial charge on any atom is -0.423 e. The minimum atomic E-state index is -4.87. The smallest absolute Gasteiger partial charge is 0.423 e. The summed E-state index contributed by atoms with van der Waals surface area (Å²) in [5.41, 5.74) is -1.47. The van der Waals surface area contributed by atoms with Gasteiger partial charge in [0.1, 0.15) is 5.82 Å². The SMILES string of the molecule is CC1(C)OB(O)c2cc(NC(=O)c3ccc(F)cc3C(F)(F)F)ccc21. The van der Waals surface area contributed by atoms with Crippen molar-refractivity contribution in [1.82, 2.24) is 0 Å². The molecular formula is C17H14BF4NO3. The minimum absolute atomic E-state index is 0.187. The summed E-state index contributed by atoms with van der Waals surface area (Å²) in [5, 5.41) is 12.3. The molecule has 0 aromatic heterocycles. The molecule has 1 heterocycles. The average Bonchev–Trinajstić information content (AvgIpc) is 2.75. The maximum Gasteiger partial charge on any atom is 0.492 e. The molecule has 0 atom stereocenters. The van der Waals surface area contributed by atoms with Crippen molar-refractivity contribution in [3.63, 3.8) is 0 Å². The van der Waals surface area contributed by atoms with Crippen LogP contribution in [0.4, 0.5) is 23.2 Å². The van der Waals surface area contributed by atoms with Crippen LogP contribution in [0.15, 0.2) is 36.4 Å². The molecule has 0 bridgehead atoms. The van der Waals surface area contributed by atoms with Gasteiger partial charge < -0.3 is 15.0 Å². The lowest BCUT2D eigenvalue weighted by atomic mass is 9.78. The van der Waals surface area contributed by atoms with Gasteiger partial charge in [0, 0.05) is 5.69 Å². The van der Waals surface area contributed by atoms with E-state index in [0.717, 1.165) is 12.1 Å². The molecule has 26 heavy (non-hydrogen) atoms. The lowest BCUT2D eigenvalue weighted by Gasteiger charge is -2.19. The molecule has 2 aromatic rings. The Morgan fingerprint density at radius 1 is 1.19 bits per heavy atom. The van der Waals surface area contributed by atoms with Gasteiger partial charge in [-0.05, 0) is 55.2 Å². The first-order chi connectivity index (χ1) is 12.0. The predicted molar refractivity (Wildman–Crippen MR) is 87.5 cm³/mol. The Balaban J connectivity index is 1.92. The maximum absolute atomic E-state index is 13.2. The number of carbonyl (C=O) groups is 1. The lowest BCUT2D eigenvalue weighted by molar-refractivity contribution is -0.138. The Morgan fingerprint density at radius 2 is 1.88 bits per heavy atom. The quantitative estimate of drug-likeness (QED) is 0.634. The van der Waals surface area contributed by atoms with Crippen LogP contribution in [-0.2, 0) is 16.4 Å². The molecule has 136 valence electrons. The molecule has 4 nitrogen and oxygen atoms in total. The molecule has 2 N–H and O–H groups in total. The molecule has 1 aliphatic heterocycles. The first-order valence-electron chi connectivity index (χ1n) is 7.67. The number of halogens is 4. The Hall–Kier alpha value is -2.39. The molecule has 0 unspecified atom stereocenters. The van der Waals surface area contributed by atoms with Crippen LogP contribution in [0.5, 0.6) is 0 Å². The van der Waals surface area contributed by atoms with Crippen LogP contribution >= 0.6 is 0 Å². The maximum atomic E-state index is 13.2. The second-order valence-corrected chi connectivity index (χ2v) is 6.42. The van der Waals surface area contributed by atoms with Crippen LogP contribution in [0.1, 0.15) is 35.3 Å². The van der Waals surface area contributed by atoms with E-state index in [9.17, 15) is 27.4 Å². The van der Waals surface area contributed by atoms with Crippen LogP contribution in [0.25, 0.3) is 0 Å². The number of nitrogens with one attached hydrogen (secondary N) is 1. The highest BCUT2D eigenvalue weighted by Crippen LogP contribution is 2.33. The highest BCUT2D eigenvalue weighted by Gasteiger charge is 2.41. The van der Waals surface area contributed by atoms with E-state index in [1.54, 1.807) is 19.9 Å². The fraction of sp³-hybridized carbons (Fsp3) is 0.235. The summed E-state index contributed by atoms with van der Waals surface area (Å²) in [6.07, 6.45) is -4.87. The fourth-order valence-electron chi connectivity index (χ4n) is 2.95. The van der Waals surface area contributed by atoms with Crippen molar-refractivity contribution >= 4 is 24.2 Å². The van der Waals surface area contributed by atoms with Crippen LogP contribution in [0, 0.1) is 5.82 Å². The third-order valence-electron chi connectivity index (χ3n) is 4.16. The number of carbonyl (C=O) groups excluding carboxylic acids is 1. The summed E-state index contributed by atoms with van der Waals surface area (Å²) >= 11 is 0. The van der Waals surface area contributed by atoms with Crippen molar-refractivity contribution in [2.75, 3.05) is 5.32 Å². The van der Waals surface area contributed by atoms with Gasteiger partial charge in [-0.15, -0.1) is 0 Å². The number of fused-ring (bicyclic) bond motifs is 1. The third kappa shape index (κ3) is 3.32. The van der Waals surface area contributed by atoms with E-state index >= 15 is 0 Å². The van der Waals surface area contributed by atoms with Gasteiger partial charge in [-0.3, -0.25) is 4.79 Å². The van der Waals surface area contributed by atoms with E-state index in [2.05, 4.69) is 5.32 Å². The lowest BCUT2D eigenvalue weighted by Crippen LogP contribution is -2.29. The van der Waals surface area contributed by atoms with Gasteiger partial charge in [0.15, 0.2) is 0 Å². The Morgan fingerprint density at radius 3 is 2.54 bits per heavy atom. The van der Waals surface area contributed by atoms with Gasteiger partial charge >= 0.3 is 13.3 Å². The molecule has 0 radical (unpaired) electrons. The van der Waals surface area contributed by atoms with Crippen molar-refractivity contribution in [2.45, 2.75) is 25.6 Å². The highest BCUT2D eigenvalue weighted by molar-refractivity contribution is 6.62. The second-order valence-electron chi connectivity index (χ2n) is 6.42. The molecule has 3 rings (SSSR count). The van der Waals surface area contributed by atoms with Crippen LogP contribution in [0.2, 0.25) is 0 Å². The molecular weight excluding hydrogens is 353 g/mol. The van der Waals surface area contributed by atoms with Gasteiger partial charge in [0.25, 0.3) is 5.91 Å². The van der Waals surface area contributed by atoms with Gasteiger partial charge in [-0.2, -0.15) is 13.2 Å². The number of amides is 1. The summed E-state index contributed by atoms with van der Waals surface area (Å²) in [6, 6.07) is 6.39. The number of alkyl halides is 3. The average molecular weight is 367 g/mol. The molecule has 1 aliphatic rings. The van der Waals surface area contributed by atoms with E-state index in [1.807, 2.05) is 0 Å². The van der Waals surface area contributed by atoms with E-state index < -0.39 is 41.7 Å². The van der Waals surface area contributed by atoms with Crippen LogP contribution in [0.3, 0.4) is 0 Å². The van der Waals surface area contributed by atoms with Crippen molar-refractivity contribution in [3.05, 3.63) is 58.9 Å². The summed E-state index contributed by atoms with van der Waals surface area (Å²) in [4.78, 5) is 12.3. The van der Waals surface area contributed by atoms with Gasteiger partial charge in [0.05, 0.1) is 16.7 Å². The zero-order chi connectivity index (χ0) is 19.3. The molecule has 9 heteroatoms. The number of anilines is 1. The Labute approximate surface area is 146 Å². The summed E-state index contributed by atoms with van der Waals surface area (Å²) in [7, 11) is -1.20.